The van der Waals surface area contributed by atoms with Crippen LogP contribution in [0.4, 0.5) is 0 Å². The van der Waals surface area contributed by atoms with Gasteiger partial charge in [-0.25, -0.2) is 0 Å². The highest BCUT2D eigenvalue weighted by molar-refractivity contribution is 5.76. The van der Waals surface area contributed by atoms with E-state index in [2.05, 4.69) is 18.7 Å². The van der Waals surface area contributed by atoms with Crippen molar-refractivity contribution in [1.82, 2.24) is 4.90 Å². The van der Waals surface area contributed by atoms with Crippen LogP contribution in [0.15, 0.2) is 0 Å². The topological polar surface area (TPSA) is 62.3 Å². The molecule has 1 aliphatic rings. The number of nitrogens with zero attached hydrogens (tertiary/aromatic N) is 1. The lowest BCUT2D eigenvalue weighted by atomic mass is 10.1. The maximum absolute atomic E-state index is 7.24. The smallest absolute Gasteiger partial charge is 0.0918 e. The molecule has 0 saturated carbocycles. The second-order valence-corrected chi connectivity index (χ2v) is 4.59. The van der Waals surface area contributed by atoms with Gasteiger partial charge in [-0.15, -0.1) is 0 Å². The molecule has 1 rings (SSSR count). The zero-order valence-electron chi connectivity index (χ0n) is 9.83. The maximum Gasteiger partial charge on any atom is 0.0918 e. The molecule has 4 nitrogen and oxygen atoms in total. The van der Waals surface area contributed by atoms with Crippen molar-refractivity contribution in [3.63, 3.8) is 0 Å². The van der Waals surface area contributed by atoms with Crippen molar-refractivity contribution < 1.29 is 4.74 Å². The van der Waals surface area contributed by atoms with Gasteiger partial charge in [0.15, 0.2) is 0 Å². The summed E-state index contributed by atoms with van der Waals surface area (Å²) in [6, 6.07) is 0.518. The Labute approximate surface area is 92.3 Å². The van der Waals surface area contributed by atoms with E-state index in [-0.39, 0.29) is 5.84 Å². The lowest BCUT2D eigenvalue weighted by Crippen LogP contribution is -2.37. The molecule has 0 aliphatic carbocycles. The van der Waals surface area contributed by atoms with E-state index in [1.54, 1.807) is 0 Å². The van der Waals surface area contributed by atoms with Gasteiger partial charge in [0, 0.05) is 32.2 Å². The van der Waals surface area contributed by atoms with Crippen LogP contribution < -0.4 is 5.73 Å². The summed E-state index contributed by atoms with van der Waals surface area (Å²) in [6.07, 6.45) is 1.84. The first-order chi connectivity index (χ1) is 7.09. The van der Waals surface area contributed by atoms with Crippen LogP contribution in [-0.2, 0) is 4.74 Å². The van der Waals surface area contributed by atoms with Crippen molar-refractivity contribution in [3.8, 4) is 0 Å². The van der Waals surface area contributed by atoms with E-state index in [0.717, 1.165) is 26.3 Å². The first kappa shape index (κ1) is 12.5. The number of ether oxygens (including phenoxy) is 1. The number of hydrogen-bond acceptors (Lipinski definition) is 3. The van der Waals surface area contributed by atoms with Crippen molar-refractivity contribution in [3.05, 3.63) is 0 Å². The van der Waals surface area contributed by atoms with Crippen molar-refractivity contribution >= 4 is 5.84 Å². The monoisotopic (exact) mass is 213 g/mol. The molecule has 1 fully saturated rings. The molecule has 1 heterocycles. The van der Waals surface area contributed by atoms with Crippen LogP contribution in [-0.4, -0.2) is 43.1 Å². The Morgan fingerprint density at radius 1 is 1.60 bits per heavy atom. The molecule has 88 valence electrons. The quantitative estimate of drug-likeness (QED) is 0.512. The summed E-state index contributed by atoms with van der Waals surface area (Å²) in [7, 11) is 0. The highest BCUT2D eigenvalue weighted by Crippen LogP contribution is 2.15. The predicted octanol–water partition coefficient (Wildman–Crippen LogP) is 1.06. The average Bonchev–Trinajstić information content (AvgIpc) is 2.63. The van der Waals surface area contributed by atoms with Crippen molar-refractivity contribution in [2.45, 2.75) is 32.7 Å². The summed E-state index contributed by atoms with van der Waals surface area (Å²) in [5, 5.41) is 7.24. The first-order valence-electron chi connectivity index (χ1n) is 5.74. The molecule has 0 bridgehead atoms. The number of nitrogens with one attached hydrogen (secondary N) is 1. The Bertz CT molecular complexity index is 200. The van der Waals surface area contributed by atoms with Crippen LogP contribution in [0, 0.1) is 11.3 Å². The van der Waals surface area contributed by atoms with E-state index in [4.69, 9.17) is 15.9 Å². The molecule has 0 aromatic carbocycles. The Balaban J connectivity index is 2.32. The van der Waals surface area contributed by atoms with Gasteiger partial charge in [0.25, 0.3) is 0 Å². The second kappa shape index (κ2) is 6.08. The fraction of sp³-hybridized carbons (Fsp3) is 0.909. The zero-order valence-corrected chi connectivity index (χ0v) is 9.83. The lowest BCUT2D eigenvalue weighted by molar-refractivity contribution is 0.154. The molecular formula is C11H23N3O. The number of rotatable bonds is 6. The maximum atomic E-state index is 7.24. The van der Waals surface area contributed by atoms with Crippen molar-refractivity contribution in [2.75, 3.05) is 26.3 Å². The normalized spacial score (nSPS) is 21.5. The van der Waals surface area contributed by atoms with Gasteiger partial charge in [-0.3, -0.25) is 5.41 Å². The Kier molecular flexibility index (Phi) is 5.05. The first-order valence-corrected chi connectivity index (χ1v) is 5.74. The molecule has 1 atom stereocenters. The minimum absolute atomic E-state index is 0.281. The van der Waals surface area contributed by atoms with Crippen LogP contribution in [0.5, 0.6) is 0 Å². The highest BCUT2D eigenvalue weighted by atomic mass is 16.5. The van der Waals surface area contributed by atoms with Gasteiger partial charge >= 0.3 is 0 Å². The Morgan fingerprint density at radius 2 is 2.33 bits per heavy atom. The third-order valence-electron chi connectivity index (χ3n) is 2.92. The second-order valence-electron chi connectivity index (χ2n) is 4.59. The van der Waals surface area contributed by atoms with Crippen molar-refractivity contribution in [1.29, 1.82) is 5.41 Å². The molecule has 4 heteroatoms. The fourth-order valence-corrected chi connectivity index (χ4v) is 1.88. The average molecular weight is 213 g/mol. The summed E-state index contributed by atoms with van der Waals surface area (Å²) < 4.78 is 5.37. The number of amidine groups is 1. The highest BCUT2D eigenvalue weighted by Gasteiger charge is 2.20. The molecule has 0 spiro atoms. The summed E-state index contributed by atoms with van der Waals surface area (Å²) in [4.78, 5) is 2.39. The van der Waals surface area contributed by atoms with E-state index >= 15 is 0 Å². The minimum Gasteiger partial charge on any atom is -0.388 e. The van der Waals surface area contributed by atoms with Crippen LogP contribution in [0.2, 0.25) is 0 Å². The van der Waals surface area contributed by atoms with Gasteiger partial charge in [0.05, 0.1) is 12.4 Å². The zero-order chi connectivity index (χ0) is 11.3. The van der Waals surface area contributed by atoms with E-state index in [0.29, 0.717) is 18.4 Å². The van der Waals surface area contributed by atoms with Gasteiger partial charge in [-0.2, -0.15) is 0 Å². The van der Waals surface area contributed by atoms with Crippen LogP contribution in [0.3, 0.4) is 0 Å². The molecule has 3 N–H and O–H groups in total. The molecule has 0 radical (unpaired) electrons. The fourth-order valence-electron chi connectivity index (χ4n) is 1.88. The van der Waals surface area contributed by atoms with Crippen LogP contribution in [0.25, 0.3) is 0 Å². The van der Waals surface area contributed by atoms with Gasteiger partial charge in [-0.1, -0.05) is 0 Å². The minimum atomic E-state index is 0.281. The van der Waals surface area contributed by atoms with E-state index in [1.807, 2.05) is 0 Å². The standard InChI is InChI=1S/C11H23N3O/c1-9(2)14(5-3-11(12)13)7-10-4-6-15-8-10/h9-10H,3-8H2,1-2H3,(H3,12,13). The molecule has 0 aromatic heterocycles. The van der Waals surface area contributed by atoms with Crippen molar-refractivity contribution in [2.24, 2.45) is 11.7 Å². The van der Waals surface area contributed by atoms with E-state index in [9.17, 15) is 0 Å². The third-order valence-corrected chi connectivity index (χ3v) is 2.92. The predicted molar refractivity (Wildman–Crippen MR) is 62.2 cm³/mol. The summed E-state index contributed by atoms with van der Waals surface area (Å²) >= 11 is 0. The Hall–Kier alpha value is -0.610. The van der Waals surface area contributed by atoms with Gasteiger partial charge in [0.2, 0.25) is 0 Å². The summed E-state index contributed by atoms with van der Waals surface area (Å²) in [5.41, 5.74) is 5.38. The number of nitrogens with two attached hydrogens (primary N) is 1. The van der Waals surface area contributed by atoms with Crippen LogP contribution >= 0.6 is 0 Å². The summed E-state index contributed by atoms with van der Waals surface area (Å²) in [5.74, 6) is 0.947. The molecule has 1 saturated heterocycles. The molecule has 1 aliphatic heterocycles. The van der Waals surface area contributed by atoms with Gasteiger partial charge in [0.1, 0.15) is 0 Å². The lowest BCUT2D eigenvalue weighted by Gasteiger charge is -2.28. The molecule has 0 aromatic rings. The van der Waals surface area contributed by atoms with E-state index < -0.39 is 0 Å². The van der Waals surface area contributed by atoms with Gasteiger partial charge in [-0.05, 0) is 26.2 Å². The molecule has 15 heavy (non-hydrogen) atoms. The SMILES string of the molecule is CC(C)N(CCC(=N)N)CC1CCOC1. The molecule has 1 unspecified atom stereocenters. The summed E-state index contributed by atoms with van der Waals surface area (Å²) in [6.45, 7) is 8.15. The Morgan fingerprint density at radius 3 is 2.80 bits per heavy atom. The van der Waals surface area contributed by atoms with Gasteiger partial charge < -0.3 is 15.4 Å². The largest absolute Gasteiger partial charge is 0.388 e. The number of hydrogen-bond donors (Lipinski definition) is 2. The third kappa shape index (κ3) is 4.62. The van der Waals surface area contributed by atoms with E-state index in [1.165, 1.54) is 6.42 Å². The van der Waals surface area contributed by atoms with Crippen LogP contribution in [0.1, 0.15) is 26.7 Å². The molecule has 0 amide bonds. The molecular weight excluding hydrogens is 190 g/mol.